The molecule has 0 fully saturated rings. The molecule has 4 nitrogen and oxygen atoms in total. The first kappa shape index (κ1) is 18.9. The van der Waals surface area contributed by atoms with E-state index in [4.69, 9.17) is 0 Å². The van der Waals surface area contributed by atoms with Crippen LogP contribution >= 0.6 is 0 Å². The van der Waals surface area contributed by atoms with Crippen LogP contribution in [0.4, 0.5) is 5.69 Å². The van der Waals surface area contributed by atoms with Crippen LogP contribution in [0.5, 0.6) is 0 Å². The van der Waals surface area contributed by atoms with Crippen molar-refractivity contribution in [2.45, 2.75) is 27.3 Å². The van der Waals surface area contributed by atoms with Crippen molar-refractivity contribution < 1.29 is 9.59 Å². The number of carbonyl (C=O) groups excluding carboxylic acids is 2. The standard InChI is InChI=1S/C25H24N2O2/c1-25(2,3)24(29)21-15-27(22-11-7-6-10-20(21)22)16-23(28)26-19-13-12-17-8-4-5-9-18(17)14-19/h4-15H,16H2,1-3H3,(H,26,28). The fourth-order valence-electron chi connectivity index (χ4n) is 3.58. The number of rotatable bonds is 4. The van der Waals surface area contributed by atoms with E-state index in [9.17, 15) is 9.59 Å². The minimum atomic E-state index is -0.484. The molecule has 0 radical (unpaired) electrons. The van der Waals surface area contributed by atoms with Crippen molar-refractivity contribution in [3.8, 4) is 0 Å². The van der Waals surface area contributed by atoms with Gasteiger partial charge in [0.15, 0.2) is 5.78 Å². The number of amides is 1. The highest BCUT2D eigenvalue weighted by atomic mass is 16.2. The van der Waals surface area contributed by atoms with Gasteiger partial charge in [0.05, 0.1) is 0 Å². The van der Waals surface area contributed by atoms with Crippen LogP contribution in [0.1, 0.15) is 31.1 Å². The fraction of sp³-hybridized carbons (Fsp3) is 0.200. The summed E-state index contributed by atoms with van der Waals surface area (Å²) < 4.78 is 1.85. The van der Waals surface area contributed by atoms with Crippen molar-refractivity contribution in [1.29, 1.82) is 0 Å². The molecule has 1 aromatic heterocycles. The van der Waals surface area contributed by atoms with Crippen LogP contribution < -0.4 is 5.32 Å². The third kappa shape index (κ3) is 3.79. The van der Waals surface area contributed by atoms with E-state index in [1.54, 1.807) is 6.20 Å². The van der Waals surface area contributed by atoms with E-state index in [0.29, 0.717) is 5.56 Å². The topological polar surface area (TPSA) is 51.1 Å². The predicted octanol–water partition coefficient (Wildman–Crippen LogP) is 5.66. The van der Waals surface area contributed by atoms with Gasteiger partial charge in [-0.1, -0.05) is 69.3 Å². The number of nitrogens with one attached hydrogen (secondary N) is 1. The zero-order valence-corrected chi connectivity index (χ0v) is 16.9. The maximum absolute atomic E-state index is 12.9. The number of ketones is 1. The lowest BCUT2D eigenvalue weighted by Gasteiger charge is -2.15. The Morgan fingerprint density at radius 2 is 1.59 bits per heavy atom. The summed E-state index contributed by atoms with van der Waals surface area (Å²) in [6.45, 7) is 5.88. The highest BCUT2D eigenvalue weighted by Gasteiger charge is 2.26. The van der Waals surface area contributed by atoms with Gasteiger partial charge in [-0.25, -0.2) is 0 Å². The van der Waals surface area contributed by atoms with Crippen LogP contribution in [0.3, 0.4) is 0 Å². The first-order valence-electron chi connectivity index (χ1n) is 9.74. The number of fused-ring (bicyclic) bond motifs is 2. The number of para-hydroxylation sites is 1. The minimum Gasteiger partial charge on any atom is -0.337 e. The van der Waals surface area contributed by atoms with Crippen LogP contribution in [-0.2, 0) is 11.3 Å². The van der Waals surface area contributed by atoms with Crippen LogP contribution in [-0.4, -0.2) is 16.3 Å². The highest BCUT2D eigenvalue weighted by molar-refractivity contribution is 6.10. The molecule has 0 unspecified atom stereocenters. The molecule has 0 saturated carbocycles. The minimum absolute atomic E-state index is 0.0717. The monoisotopic (exact) mass is 384 g/mol. The second-order valence-electron chi connectivity index (χ2n) is 8.38. The summed E-state index contributed by atoms with van der Waals surface area (Å²) in [4.78, 5) is 25.6. The van der Waals surface area contributed by atoms with Crippen LogP contribution in [0.15, 0.2) is 72.9 Å². The molecule has 0 aliphatic rings. The third-order valence-corrected chi connectivity index (χ3v) is 5.06. The van der Waals surface area contributed by atoms with Gasteiger partial charge in [0, 0.05) is 33.8 Å². The molecule has 4 rings (SSSR count). The van der Waals surface area contributed by atoms with Crippen LogP contribution in [0.25, 0.3) is 21.7 Å². The van der Waals surface area contributed by atoms with Crippen molar-refractivity contribution in [3.05, 3.63) is 78.5 Å². The maximum Gasteiger partial charge on any atom is 0.244 e. The molecule has 4 aromatic rings. The van der Waals surface area contributed by atoms with Crippen LogP contribution in [0.2, 0.25) is 0 Å². The zero-order valence-electron chi connectivity index (χ0n) is 16.9. The molecular weight excluding hydrogens is 360 g/mol. The molecular formula is C25H24N2O2. The Hall–Kier alpha value is -3.40. The lowest BCUT2D eigenvalue weighted by atomic mass is 9.86. The van der Waals surface area contributed by atoms with Crippen molar-refractivity contribution in [2.24, 2.45) is 5.41 Å². The van der Waals surface area contributed by atoms with E-state index >= 15 is 0 Å². The molecule has 1 N–H and O–H groups in total. The Morgan fingerprint density at radius 3 is 2.34 bits per heavy atom. The second kappa shape index (κ2) is 7.21. The summed E-state index contributed by atoms with van der Waals surface area (Å²) in [6, 6.07) is 21.6. The number of anilines is 1. The maximum atomic E-state index is 12.9. The van der Waals surface area contributed by atoms with E-state index < -0.39 is 5.41 Å². The summed E-state index contributed by atoms with van der Waals surface area (Å²) in [7, 11) is 0. The molecule has 1 heterocycles. The Kier molecular flexibility index (Phi) is 4.71. The first-order valence-corrected chi connectivity index (χ1v) is 9.74. The summed E-state index contributed by atoms with van der Waals surface area (Å²) in [5.74, 6) is -0.0572. The zero-order chi connectivity index (χ0) is 20.6. The van der Waals surface area contributed by atoms with Gasteiger partial charge in [-0.15, -0.1) is 0 Å². The van der Waals surface area contributed by atoms with Gasteiger partial charge in [0.1, 0.15) is 6.54 Å². The molecule has 146 valence electrons. The summed E-state index contributed by atoms with van der Waals surface area (Å²) in [6.07, 6.45) is 1.80. The number of Topliss-reactive ketones (excluding diaryl/α,β-unsaturated/α-hetero) is 1. The van der Waals surface area contributed by atoms with Crippen molar-refractivity contribution in [2.75, 3.05) is 5.32 Å². The average Bonchev–Trinajstić information content (AvgIpc) is 3.05. The predicted molar refractivity (Wildman–Crippen MR) is 118 cm³/mol. The summed E-state index contributed by atoms with van der Waals surface area (Å²) in [5.41, 5.74) is 1.82. The molecule has 0 spiro atoms. The molecule has 1 amide bonds. The molecule has 0 saturated heterocycles. The largest absolute Gasteiger partial charge is 0.337 e. The van der Waals surface area contributed by atoms with Crippen molar-refractivity contribution in [1.82, 2.24) is 4.57 Å². The Balaban J connectivity index is 1.61. The molecule has 3 aromatic carbocycles. The summed E-state index contributed by atoms with van der Waals surface area (Å²) >= 11 is 0. The second-order valence-corrected chi connectivity index (χ2v) is 8.38. The van der Waals surface area contributed by atoms with Crippen molar-refractivity contribution >= 4 is 39.1 Å². The van der Waals surface area contributed by atoms with Gasteiger partial charge in [-0.3, -0.25) is 9.59 Å². The van der Waals surface area contributed by atoms with Gasteiger partial charge in [0.2, 0.25) is 5.91 Å². The quantitative estimate of drug-likeness (QED) is 0.461. The fourth-order valence-corrected chi connectivity index (χ4v) is 3.58. The Morgan fingerprint density at radius 1 is 0.897 bits per heavy atom. The Bertz CT molecular complexity index is 1230. The number of hydrogen-bond acceptors (Lipinski definition) is 2. The van der Waals surface area contributed by atoms with E-state index in [1.807, 2.05) is 92.1 Å². The number of carbonyl (C=O) groups is 2. The van der Waals surface area contributed by atoms with E-state index in [-0.39, 0.29) is 18.2 Å². The van der Waals surface area contributed by atoms with E-state index in [1.165, 1.54) is 0 Å². The number of nitrogens with zero attached hydrogens (tertiary/aromatic N) is 1. The van der Waals surface area contributed by atoms with Gasteiger partial charge < -0.3 is 9.88 Å². The smallest absolute Gasteiger partial charge is 0.244 e. The molecule has 0 atom stereocenters. The van der Waals surface area contributed by atoms with Crippen molar-refractivity contribution in [3.63, 3.8) is 0 Å². The van der Waals surface area contributed by atoms with Gasteiger partial charge in [0.25, 0.3) is 0 Å². The van der Waals surface area contributed by atoms with Crippen LogP contribution in [0, 0.1) is 5.41 Å². The molecule has 0 aliphatic carbocycles. The third-order valence-electron chi connectivity index (χ3n) is 5.06. The first-order chi connectivity index (χ1) is 13.8. The van der Waals surface area contributed by atoms with E-state index in [2.05, 4.69) is 5.32 Å². The molecule has 4 heteroatoms. The molecule has 0 bridgehead atoms. The lowest BCUT2D eigenvalue weighted by Crippen LogP contribution is -2.20. The average molecular weight is 384 g/mol. The lowest BCUT2D eigenvalue weighted by molar-refractivity contribution is -0.116. The van der Waals surface area contributed by atoms with Gasteiger partial charge in [-0.05, 0) is 29.0 Å². The van der Waals surface area contributed by atoms with Gasteiger partial charge in [-0.2, -0.15) is 0 Å². The highest BCUT2D eigenvalue weighted by Crippen LogP contribution is 2.28. The number of hydrogen-bond donors (Lipinski definition) is 1. The number of aromatic nitrogens is 1. The normalized spacial score (nSPS) is 11.7. The summed E-state index contributed by atoms with van der Waals surface area (Å²) in [5, 5.41) is 6.06. The Labute approximate surface area is 170 Å². The molecule has 0 aliphatic heterocycles. The molecule has 29 heavy (non-hydrogen) atoms. The van der Waals surface area contributed by atoms with E-state index in [0.717, 1.165) is 27.4 Å². The number of benzene rings is 3. The SMILES string of the molecule is CC(C)(C)C(=O)c1cn(CC(=O)Nc2ccc3ccccc3c2)c2ccccc12. The van der Waals surface area contributed by atoms with Gasteiger partial charge >= 0.3 is 0 Å².